The third-order valence-electron chi connectivity index (χ3n) is 3.79. The van der Waals surface area contributed by atoms with Gasteiger partial charge in [-0.15, -0.1) is 0 Å². The fourth-order valence-corrected chi connectivity index (χ4v) is 2.44. The standard InChI is InChI=1S/C20H21NO4/c1-13-7-9-19(25-3)17(11-13)18(23)8-10-20(24)21-16-6-4-5-15(12-16)14(2)22/h4-7,9,11-12H,8,10H2,1-3H3,(H,21,24). The highest BCUT2D eigenvalue weighted by molar-refractivity contribution is 6.02. The Bertz CT molecular complexity index is 811. The number of hydrogen-bond donors (Lipinski definition) is 1. The summed E-state index contributed by atoms with van der Waals surface area (Å²) in [6.07, 6.45) is 0.137. The second-order valence-electron chi connectivity index (χ2n) is 5.81. The molecule has 0 saturated carbocycles. The molecule has 0 radical (unpaired) electrons. The number of ketones is 2. The summed E-state index contributed by atoms with van der Waals surface area (Å²) in [5, 5.41) is 2.71. The lowest BCUT2D eigenvalue weighted by Crippen LogP contribution is -2.14. The third kappa shape index (κ3) is 5.01. The van der Waals surface area contributed by atoms with Crippen LogP contribution in [0.1, 0.15) is 46.0 Å². The highest BCUT2D eigenvalue weighted by Crippen LogP contribution is 2.22. The average Bonchev–Trinajstić information content (AvgIpc) is 2.59. The lowest BCUT2D eigenvalue weighted by atomic mass is 10.0. The van der Waals surface area contributed by atoms with Gasteiger partial charge in [0, 0.05) is 24.1 Å². The number of rotatable bonds is 7. The van der Waals surface area contributed by atoms with Crippen molar-refractivity contribution in [1.29, 1.82) is 0 Å². The van der Waals surface area contributed by atoms with Crippen molar-refractivity contribution >= 4 is 23.2 Å². The molecule has 0 spiro atoms. The molecule has 1 amide bonds. The SMILES string of the molecule is COc1ccc(C)cc1C(=O)CCC(=O)Nc1cccc(C(C)=O)c1. The van der Waals surface area contributed by atoms with E-state index >= 15 is 0 Å². The minimum atomic E-state index is -0.277. The van der Waals surface area contributed by atoms with E-state index in [0.717, 1.165) is 5.56 Å². The van der Waals surface area contributed by atoms with E-state index in [1.165, 1.54) is 14.0 Å². The van der Waals surface area contributed by atoms with E-state index < -0.39 is 0 Å². The Morgan fingerprint density at radius 3 is 2.48 bits per heavy atom. The van der Waals surface area contributed by atoms with Gasteiger partial charge in [0.25, 0.3) is 0 Å². The van der Waals surface area contributed by atoms with Gasteiger partial charge in [0.2, 0.25) is 5.91 Å². The molecule has 0 aliphatic heterocycles. The van der Waals surface area contributed by atoms with Crippen LogP contribution in [-0.4, -0.2) is 24.6 Å². The molecule has 0 bridgehead atoms. The molecule has 0 heterocycles. The monoisotopic (exact) mass is 339 g/mol. The Morgan fingerprint density at radius 2 is 1.80 bits per heavy atom. The lowest BCUT2D eigenvalue weighted by Gasteiger charge is -2.09. The van der Waals surface area contributed by atoms with Crippen LogP contribution in [0.25, 0.3) is 0 Å². The van der Waals surface area contributed by atoms with E-state index in [9.17, 15) is 14.4 Å². The highest BCUT2D eigenvalue weighted by Gasteiger charge is 2.14. The molecule has 25 heavy (non-hydrogen) atoms. The molecule has 0 aromatic heterocycles. The van der Waals surface area contributed by atoms with Crippen molar-refractivity contribution in [2.45, 2.75) is 26.7 Å². The molecule has 2 aromatic rings. The van der Waals surface area contributed by atoms with Gasteiger partial charge < -0.3 is 10.1 Å². The second-order valence-corrected chi connectivity index (χ2v) is 5.81. The number of aryl methyl sites for hydroxylation is 1. The van der Waals surface area contributed by atoms with Gasteiger partial charge in [0.15, 0.2) is 11.6 Å². The summed E-state index contributed by atoms with van der Waals surface area (Å²) in [6, 6.07) is 12.1. The number of amides is 1. The molecule has 5 nitrogen and oxygen atoms in total. The molecule has 0 aliphatic rings. The number of anilines is 1. The number of benzene rings is 2. The number of Topliss-reactive ketones (excluding diaryl/α,β-unsaturated/α-hetero) is 2. The lowest BCUT2D eigenvalue weighted by molar-refractivity contribution is -0.116. The number of carbonyl (C=O) groups is 3. The minimum absolute atomic E-state index is 0.0558. The Kier molecular flexibility index (Phi) is 6.06. The van der Waals surface area contributed by atoms with E-state index in [1.807, 2.05) is 13.0 Å². The number of nitrogens with one attached hydrogen (secondary N) is 1. The van der Waals surface area contributed by atoms with E-state index in [-0.39, 0.29) is 30.3 Å². The van der Waals surface area contributed by atoms with Gasteiger partial charge in [-0.1, -0.05) is 23.8 Å². The van der Waals surface area contributed by atoms with Crippen molar-refractivity contribution in [2.24, 2.45) is 0 Å². The van der Waals surface area contributed by atoms with Crippen LogP contribution in [0.4, 0.5) is 5.69 Å². The Morgan fingerprint density at radius 1 is 1.04 bits per heavy atom. The van der Waals surface area contributed by atoms with Gasteiger partial charge in [-0.2, -0.15) is 0 Å². The summed E-state index contributed by atoms with van der Waals surface area (Å²) in [6.45, 7) is 3.36. The summed E-state index contributed by atoms with van der Waals surface area (Å²) in [4.78, 5) is 35.8. The largest absolute Gasteiger partial charge is 0.496 e. The summed E-state index contributed by atoms with van der Waals surface area (Å²) in [7, 11) is 1.51. The van der Waals surface area contributed by atoms with Crippen LogP contribution in [0.5, 0.6) is 5.75 Å². The van der Waals surface area contributed by atoms with Crippen LogP contribution in [0.2, 0.25) is 0 Å². The first-order valence-corrected chi connectivity index (χ1v) is 7.99. The maximum absolute atomic E-state index is 12.4. The molecule has 0 saturated heterocycles. The molecule has 0 unspecified atom stereocenters. The Labute approximate surface area is 147 Å². The average molecular weight is 339 g/mol. The summed E-state index contributed by atoms with van der Waals surface area (Å²) < 4.78 is 5.21. The molecule has 0 atom stereocenters. The van der Waals surface area contributed by atoms with Crippen molar-refractivity contribution in [1.82, 2.24) is 0 Å². The summed E-state index contributed by atoms with van der Waals surface area (Å²) in [5.41, 5.74) is 2.50. The van der Waals surface area contributed by atoms with Gasteiger partial charge in [0.05, 0.1) is 12.7 Å². The molecule has 2 aromatic carbocycles. The smallest absolute Gasteiger partial charge is 0.224 e. The number of hydrogen-bond acceptors (Lipinski definition) is 4. The maximum Gasteiger partial charge on any atom is 0.224 e. The van der Waals surface area contributed by atoms with E-state index in [4.69, 9.17) is 4.74 Å². The van der Waals surface area contributed by atoms with Crippen molar-refractivity contribution in [3.8, 4) is 5.75 Å². The fraction of sp³-hybridized carbons (Fsp3) is 0.250. The number of carbonyl (C=O) groups excluding carboxylic acids is 3. The van der Waals surface area contributed by atoms with Gasteiger partial charge in [-0.05, 0) is 38.1 Å². The summed E-state index contributed by atoms with van der Waals surface area (Å²) >= 11 is 0. The van der Waals surface area contributed by atoms with Crippen LogP contribution in [0.15, 0.2) is 42.5 Å². The quantitative estimate of drug-likeness (QED) is 0.779. The highest BCUT2D eigenvalue weighted by atomic mass is 16.5. The molecule has 0 aliphatic carbocycles. The van der Waals surface area contributed by atoms with Gasteiger partial charge in [-0.25, -0.2) is 0 Å². The van der Waals surface area contributed by atoms with Crippen molar-refractivity contribution in [3.05, 3.63) is 59.2 Å². The zero-order valence-corrected chi connectivity index (χ0v) is 14.6. The van der Waals surface area contributed by atoms with Crippen LogP contribution in [-0.2, 0) is 4.79 Å². The van der Waals surface area contributed by atoms with Crippen LogP contribution < -0.4 is 10.1 Å². The fourth-order valence-electron chi connectivity index (χ4n) is 2.44. The molecule has 5 heteroatoms. The van der Waals surface area contributed by atoms with Crippen molar-refractivity contribution in [2.75, 3.05) is 12.4 Å². The van der Waals surface area contributed by atoms with Crippen LogP contribution in [0.3, 0.4) is 0 Å². The first-order valence-electron chi connectivity index (χ1n) is 7.99. The maximum atomic E-state index is 12.4. The van der Waals surface area contributed by atoms with Gasteiger partial charge >= 0.3 is 0 Å². The Balaban J connectivity index is 1.98. The minimum Gasteiger partial charge on any atom is -0.496 e. The topological polar surface area (TPSA) is 72.5 Å². The van der Waals surface area contributed by atoms with Crippen molar-refractivity contribution < 1.29 is 19.1 Å². The van der Waals surface area contributed by atoms with Crippen molar-refractivity contribution in [3.63, 3.8) is 0 Å². The molecule has 0 fully saturated rings. The van der Waals surface area contributed by atoms with Gasteiger partial charge in [-0.3, -0.25) is 14.4 Å². The third-order valence-corrected chi connectivity index (χ3v) is 3.79. The second kappa shape index (κ2) is 8.24. The Hall–Kier alpha value is -2.95. The molecular formula is C20H21NO4. The van der Waals surface area contributed by atoms with E-state index in [0.29, 0.717) is 22.6 Å². The molecule has 2 rings (SSSR count). The zero-order chi connectivity index (χ0) is 18.4. The molecule has 130 valence electrons. The van der Waals surface area contributed by atoms with Crippen LogP contribution in [0, 0.1) is 6.92 Å². The number of methoxy groups -OCH3 is 1. The molecule has 1 N–H and O–H groups in total. The normalized spacial score (nSPS) is 10.2. The first-order chi connectivity index (χ1) is 11.9. The van der Waals surface area contributed by atoms with Gasteiger partial charge in [0.1, 0.15) is 5.75 Å². The van der Waals surface area contributed by atoms with Crippen LogP contribution >= 0.6 is 0 Å². The molecular weight excluding hydrogens is 318 g/mol. The predicted octanol–water partition coefficient (Wildman–Crippen LogP) is 3.81. The first kappa shape index (κ1) is 18.4. The zero-order valence-electron chi connectivity index (χ0n) is 14.6. The van der Waals surface area contributed by atoms with E-state index in [1.54, 1.807) is 36.4 Å². The van der Waals surface area contributed by atoms with E-state index in [2.05, 4.69) is 5.32 Å². The predicted molar refractivity (Wildman–Crippen MR) is 96.4 cm³/mol. The number of ether oxygens (including phenoxy) is 1. The summed E-state index contributed by atoms with van der Waals surface area (Å²) in [5.74, 6) is 0.0110.